The van der Waals surface area contributed by atoms with Gasteiger partial charge < -0.3 is 15.5 Å². The van der Waals surface area contributed by atoms with Crippen molar-refractivity contribution in [2.24, 2.45) is 0 Å². The van der Waals surface area contributed by atoms with Crippen molar-refractivity contribution in [2.45, 2.75) is 17.9 Å². The summed E-state index contributed by atoms with van der Waals surface area (Å²) in [4.78, 5) is 23.1. The number of aliphatic hydroxyl groups excluding tert-OH is 1. The Balaban J connectivity index is 2.47. The van der Waals surface area contributed by atoms with Crippen molar-refractivity contribution >= 4 is 23.6 Å². The van der Waals surface area contributed by atoms with E-state index in [-0.39, 0.29) is 5.75 Å². The molecule has 98 valence electrons. The Hall–Kier alpha value is -1.53. The summed E-state index contributed by atoms with van der Waals surface area (Å²) in [6, 6.07) is 6.38. The van der Waals surface area contributed by atoms with Crippen molar-refractivity contribution in [3.8, 4) is 0 Å². The molecule has 18 heavy (non-hydrogen) atoms. The fraction of sp³-hybridized carbons (Fsp3) is 0.333. The van der Waals surface area contributed by atoms with E-state index in [0.717, 1.165) is 10.5 Å². The first-order valence-corrected chi connectivity index (χ1v) is 6.34. The van der Waals surface area contributed by atoms with Gasteiger partial charge in [0.25, 0.3) is 0 Å². The third-order valence-electron chi connectivity index (χ3n) is 2.27. The molecule has 0 aliphatic rings. The van der Waals surface area contributed by atoms with Crippen LogP contribution in [0, 0.1) is 6.92 Å². The number of nitrogens with one attached hydrogen (secondary N) is 1. The number of hydrogen-bond donors (Lipinski definition) is 3. The Morgan fingerprint density at radius 3 is 2.61 bits per heavy atom. The van der Waals surface area contributed by atoms with Crippen molar-refractivity contribution in [3.63, 3.8) is 0 Å². The molecule has 0 saturated carbocycles. The molecule has 0 saturated heterocycles. The number of benzene rings is 1. The largest absolute Gasteiger partial charge is 0.480 e. The van der Waals surface area contributed by atoms with Crippen molar-refractivity contribution in [1.29, 1.82) is 0 Å². The molecule has 5 nitrogen and oxygen atoms in total. The van der Waals surface area contributed by atoms with Gasteiger partial charge in [0.05, 0.1) is 12.4 Å². The van der Waals surface area contributed by atoms with Crippen molar-refractivity contribution in [3.05, 3.63) is 29.8 Å². The molecule has 1 atom stereocenters. The summed E-state index contributed by atoms with van der Waals surface area (Å²) in [5.41, 5.74) is 1.06. The molecule has 3 N–H and O–H groups in total. The molecule has 0 aliphatic carbocycles. The number of aryl methyl sites for hydroxylation is 1. The Morgan fingerprint density at radius 1 is 1.39 bits per heavy atom. The average molecular weight is 269 g/mol. The smallest absolute Gasteiger partial charge is 0.328 e. The number of aliphatic carboxylic acids is 1. The van der Waals surface area contributed by atoms with Crippen LogP contribution in [-0.4, -0.2) is 40.5 Å². The van der Waals surface area contributed by atoms with Crippen LogP contribution in [-0.2, 0) is 9.59 Å². The van der Waals surface area contributed by atoms with Gasteiger partial charge in [0, 0.05) is 4.90 Å². The lowest BCUT2D eigenvalue weighted by Crippen LogP contribution is -2.44. The van der Waals surface area contributed by atoms with Gasteiger partial charge in [-0.2, -0.15) is 0 Å². The molecule has 6 heteroatoms. The topological polar surface area (TPSA) is 86.6 Å². The lowest BCUT2D eigenvalue weighted by molar-refractivity contribution is -0.142. The van der Waals surface area contributed by atoms with E-state index in [2.05, 4.69) is 5.32 Å². The minimum absolute atomic E-state index is 0.120. The second kappa shape index (κ2) is 7.03. The lowest BCUT2D eigenvalue weighted by Gasteiger charge is -2.11. The number of aliphatic hydroxyl groups is 1. The number of rotatable bonds is 6. The van der Waals surface area contributed by atoms with Crippen molar-refractivity contribution in [2.75, 3.05) is 12.4 Å². The Labute approximate surface area is 109 Å². The standard InChI is InChI=1S/C12H15NO4S/c1-8-4-2-3-5-10(8)18-7-11(15)13-9(6-14)12(16)17/h2-5,9,14H,6-7H2,1H3,(H,13,15)(H,16,17)/t9-/m1/s1. The van der Waals surface area contributed by atoms with Gasteiger partial charge in [-0.05, 0) is 18.6 Å². The number of carbonyl (C=O) groups excluding carboxylic acids is 1. The molecule has 1 aromatic carbocycles. The van der Waals surface area contributed by atoms with E-state index in [1.54, 1.807) is 0 Å². The van der Waals surface area contributed by atoms with E-state index < -0.39 is 24.5 Å². The molecule has 1 aromatic rings. The van der Waals surface area contributed by atoms with Crippen LogP contribution in [0.3, 0.4) is 0 Å². The zero-order valence-electron chi connectivity index (χ0n) is 9.92. The minimum atomic E-state index is -1.24. The van der Waals surface area contributed by atoms with Crippen LogP contribution >= 0.6 is 11.8 Å². The van der Waals surface area contributed by atoms with Crippen LogP contribution in [0.15, 0.2) is 29.2 Å². The lowest BCUT2D eigenvalue weighted by atomic mass is 10.2. The van der Waals surface area contributed by atoms with Gasteiger partial charge >= 0.3 is 5.97 Å². The SMILES string of the molecule is Cc1ccccc1SCC(=O)N[C@H](CO)C(=O)O. The maximum Gasteiger partial charge on any atom is 0.328 e. The first-order valence-electron chi connectivity index (χ1n) is 5.36. The molecular weight excluding hydrogens is 254 g/mol. The number of hydrogen-bond acceptors (Lipinski definition) is 4. The average Bonchev–Trinajstić information content (AvgIpc) is 2.34. The van der Waals surface area contributed by atoms with Crippen LogP contribution in [0.1, 0.15) is 5.56 Å². The Morgan fingerprint density at radius 2 is 2.06 bits per heavy atom. The van der Waals surface area contributed by atoms with Crippen molar-refractivity contribution in [1.82, 2.24) is 5.32 Å². The van der Waals surface area contributed by atoms with Gasteiger partial charge in [-0.3, -0.25) is 4.79 Å². The highest BCUT2D eigenvalue weighted by Gasteiger charge is 2.18. The van der Waals surface area contributed by atoms with Gasteiger partial charge in [-0.15, -0.1) is 11.8 Å². The zero-order chi connectivity index (χ0) is 13.5. The summed E-state index contributed by atoms with van der Waals surface area (Å²) >= 11 is 1.33. The molecule has 0 aliphatic heterocycles. The highest BCUT2D eigenvalue weighted by atomic mass is 32.2. The van der Waals surface area contributed by atoms with Crippen LogP contribution in [0.25, 0.3) is 0 Å². The number of thioether (sulfide) groups is 1. The molecule has 0 unspecified atom stereocenters. The second-order valence-corrected chi connectivity index (χ2v) is 4.71. The summed E-state index contributed by atoms with van der Waals surface area (Å²) in [6.07, 6.45) is 0. The monoisotopic (exact) mass is 269 g/mol. The summed E-state index contributed by atoms with van der Waals surface area (Å²) in [7, 11) is 0. The molecule has 0 fully saturated rings. The normalized spacial score (nSPS) is 11.9. The van der Waals surface area contributed by atoms with Crippen LogP contribution in [0.4, 0.5) is 0 Å². The van der Waals surface area contributed by atoms with Crippen LogP contribution in [0.5, 0.6) is 0 Å². The van der Waals surface area contributed by atoms with E-state index in [9.17, 15) is 9.59 Å². The molecular formula is C12H15NO4S. The summed E-state index contributed by atoms with van der Waals surface area (Å²) in [5.74, 6) is -1.54. The predicted molar refractivity (Wildman–Crippen MR) is 68.6 cm³/mol. The molecule has 1 rings (SSSR count). The minimum Gasteiger partial charge on any atom is -0.480 e. The highest BCUT2D eigenvalue weighted by molar-refractivity contribution is 8.00. The molecule has 0 bridgehead atoms. The summed E-state index contributed by atoms with van der Waals surface area (Å²) in [5, 5.41) is 19.7. The number of carboxylic acids is 1. The number of carbonyl (C=O) groups is 2. The van der Waals surface area contributed by atoms with E-state index in [4.69, 9.17) is 10.2 Å². The maximum atomic E-state index is 11.5. The van der Waals surface area contributed by atoms with Gasteiger partial charge in [-0.25, -0.2) is 4.79 Å². The first kappa shape index (κ1) is 14.5. The van der Waals surface area contributed by atoms with Gasteiger partial charge in [0.2, 0.25) is 5.91 Å². The van der Waals surface area contributed by atoms with Gasteiger partial charge in [0.1, 0.15) is 6.04 Å². The highest BCUT2D eigenvalue weighted by Crippen LogP contribution is 2.21. The maximum absolute atomic E-state index is 11.5. The van der Waals surface area contributed by atoms with E-state index in [1.807, 2.05) is 31.2 Å². The second-order valence-electron chi connectivity index (χ2n) is 3.70. The van der Waals surface area contributed by atoms with Gasteiger partial charge in [-0.1, -0.05) is 18.2 Å². The third kappa shape index (κ3) is 4.38. The molecule has 1 amide bonds. The molecule has 0 aromatic heterocycles. The van der Waals surface area contributed by atoms with Crippen LogP contribution in [0.2, 0.25) is 0 Å². The predicted octanol–water partition coefficient (Wildman–Crippen LogP) is 0.649. The number of amides is 1. The Kier molecular flexibility index (Phi) is 5.67. The number of carboxylic acid groups (broad SMARTS) is 1. The fourth-order valence-electron chi connectivity index (χ4n) is 1.28. The quantitative estimate of drug-likeness (QED) is 0.660. The van der Waals surface area contributed by atoms with Crippen molar-refractivity contribution < 1.29 is 19.8 Å². The van der Waals surface area contributed by atoms with E-state index >= 15 is 0 Å². The third-order valence-corrected chi connectivity index (χ3v) is 3.44. The van der Waals surface area contributed by atoms with E-state index in [1.165, 1.54) is 11.8 Å². The van der Waals surface area contributed by atoms with E-state index in [0.29, 0.717) is 0 Å². The summed E-state index contributed by atoms with van der Waals surface area (Å²) < 4.78 is 0. The zero-order valence-corrected chi connectivity index (χ0v) is 10.7. The van der Waals surface area contributed by atoms with Crippen LogP contribution < -0.4 is 5.32 Å². The molecule has 0 spiro atoms. The fourth-order valence-corrected chi connectivity index (χ4v) is 2.12. The molecule has 0 heterocycles. The first-order chi connectivity index (χ1) is 8.54. The van der Waals surface area contributed by atoms with Gasteiger partial charge in [0.15, 0.2) is 0 Å². The summed E-state index contributed by atoms with van der Waals surface area (Å²) in [6.45, 7) is 1.32. The molecule has 0 radical (unpaired) electrons. The Bertz CT molecular complexity index is 436.